The molecule has 2 aromatic heterocycles. The summed E-state index contributed by atoms with van der Waals surface area (Å²) in [6, 6.07) is 1.82. The normalized spacial score (nSPS) is 10.7. The number of rotatable bonds is 0. The Kier molecular flexibility index (Phi) is 1.32. The minimum atomic E-state index is 0.692. The minimum Gasteiger partial charge on any atom is -0.227 e. The molecule has 56 valence electrons. The van der Waals surface area contributed by atoms with E-state index in [-0.39, 0.29) is 0 Å². The Morgan fingerprint density at radius 3 is 3.18 bits per heavy atom. The molecule has 0 atom stereocenters. The summed E-state index contributed by atoms with van der Waals surface area (Å²) < 4.78 is 1.67. The summed E-state index contributed by atoms with van der Waals surface area (Å²) in [7, 11) is 0. The molecule has 0 aliphatic heterocycles. The molecule has 0 amide bonds. The molecule has 0 saturated heterocycles. The molecule has 2 heterocycles. The molecule has 2 aromatic rings. The summed E-state index contributed by atoms with van der Waals surface area (Å²) in [6.45, 7) is 1.86. The minimum absolute atomic E-state index is 0.692. The highest BCUT2D eigenvalue weighted by Gasteiger charge is 1.99. The van der Waals surface area contributed by atoms with Gasteiger partial charge in [0.1, 0.15) is 5.82 Å². The molecule has 0 aromatic carbocycles. The van der Waals surface area contributed by atoms with Crippen LogP contribution in [0.15, 0.2) is 17.3 Å². The molecule has 2 rings (SSSR count). The quantitative estimate of drug-likeness (QED) is 0.463. The van der Waals surface area contributed by atoms with Gasteiger partial charge in [0.15, 0.2) is 0 Å². The summed E-state index contributed by atoms with van der Waals surface area (Å²) in [5.74, 6) is 0.796. The molecule has 0 fully saturated rings. The first-order chi connectivity index (χ1) is 5.27. The largest absolute Gasteiger partial charge is 0.227 e. The molecule has 0 radical (unpaired) electrons. The second-order valence-electron chi connectivity index (χ2n) is 2.23. The van der Waals surface area contributed by atoms with Crippen molar-refractivity contribution in [2.75, 3.05) is 0 Å². The highest BCUT2D eigenvalue weighted by atomic mass is 32.1. The summed E-state index contributed by atoms with van der Waals surface area (Å²) >= 11 is 4.13. The van der Waals surface area contributed by atoms with Crippen LogP contribution in [-0.2, 0) is 0 Å². The predicted octanol–water partition coefficient (Wildman–Crippen LogP) is 0.721. The fourth-order valence-corrected chi connectivity index (χ4v) is 1.25. The van der Waals surface area contributed by atoms with E-state index in [9.17, 15) is 0 Å². The topological polar surface area (TPSA) is 43.1 Å². The fourth-order valence-electron chi connectivity index (χ4n) is 0.971. The van der Waals surface area contributed by atoms with Crippen molar-refractivity contribution in [1.29, 1.82) is 0 Å². The van der Waals surface area contributed by atoms with Crippen LogP contribution in [-0.4, -0.2) is 19.8 Å². The van der Waals surface area contributed by atoms with Crippen molar-refractivity contribution < 1.29 is 0 Å². The number of hydrogen-bond donors (Lipinski definition) is 1. The van der Waals surface area contributed by atoms with Gasteiger partial charge in [-0.15, -0.1) is 17.7 Å². The Morgan fingerprint density at radius 1 is 1.55 bits per heavy atom. The van der Waals surface area contributed by atoms with Gasteiger partial charge in [-0.3, -0.25) is 0 Å². The predicted molar refractivity (Wildman–Crippen MR) is 42.8 cm³/mol. The lowest BCUT2D eigenvalue weighted by molar-refractivity contribution is 0.782. The summed E-state index contributed by atoms with van der Waals surface area (Å²) in [4.78, 5) is 4.10. The first-order valence-corrected chi connectivity index (χ1v) is 3.59. The zero-order valence-electron chi connectivity index (χ0n) is 5.89. The number of nitrogens with zero attached hydrogens (tertiary/aromatic N) is 4. The van der Waals surface area contributed by atoms with Crippen molar-refractivity contribution in [2.24, 2.45) is 0 Å². The molecular weight excluding hydrogens is 160 g/mol. The van der Waals surface area contributed by atoms with E-state index in [4.69, 9.17) is 0 Å². The van der Waals surface area contributed by atoms with Crippen LogP contribution in [0.25, 0.3) is 5.52 Å². The molecule has 0 aliphatic carbocycles. The van der Waals surface area contributed by atoms with E-state index in [1.165, 1.54) is 0 Å². The average Bonchev–Trinajstić information content (AvgIpc) is 2.34. The van der Waals surface area contributed by atoms with Gasteiger partial charge in [0.25, 0.3) is 0 Å². The Balaban J connectivity index is 2.91. The molecule has 0 unspecified atom stereocenters. The van der Waals surface area contributed by atoms with Gasteiger partial charge in [0.05, 0.1) is 16.7 Å². The molecular formula is C6H6N4S. The van der Waals surface area contributed by atoms with Crippen molar-refractivity contribution in [3.63, 3.8) is 0 Å². The van der Waals surface area contributed by atoms with E-state index < -0.39 is 0 Å². The first kappa shape index (κ1) is 6.60. The second-order valence-corrected chi connectivity index (χ2v) is 2.69. The number of aromatic nitrogens is 4. The van der Waals surface area contributed by atoms with Gasteiger partial charge in [-0.2, -0.15) is 4.52 Å². The van der Waals surface area contributed by atoms with Crippen molar-refractivity contribution in [3.8, 4) is 0 Å². The lowest BCUT2D eigenvalue weighted by Gasteiger charge is -1.96. The number of hydrogen-bond acceptors (Lipinski definition) is 4. The molecule has 0 N–H and O–H groups in total. The van der Waals surface area contributed by atoms with Crippen molar-refractivity contribution in [3.05, 3.63) is 18.1 Å². The van der Waals surface area contributed by atoms with Gasteiger partial charge >= 0.3 is 0 Å². The summed E-state index contributed by atoms with van der Waals surface area (Å²) in [5, 5.41) is 8.26. The maximum atomic E-state index is 4.13. The van der Waals surface area contributed by atoms with E-state index in [1.807, 2.05) is 13.0 Å². The zero-order valence-corrected chi connectivity index (χ0v) is 6.79. The summed E-state index contributed by atoms with van der Waals surface area (Å²) in [5.41, 5.74) is 0.919. The molecule has 4 nitrogen and oxygen atoms in total. The van der Waals surface area contributed by atoms with Crippen LogP contribution in [0.3, 0.4) is 0 Å². The maximum Gasteiger partial charge on any atom is 0.130 e. The molecule has 11 heavy (non-hydrogen) atoms. The van der Waals surface area contributed by atoms with Gasteiger partial charge in [-0.1, -0.05) is 5.21 Å². The van der Waals surface area contributed by atoms with Crippen LogP contribution < -0.4 is 0 Å². The average molecular weight is 166 g/mol. The number of thiol groups is 1. The third-order valence-electron chi connectivity index (χ3n) is 1.44. The van der Waals surface area contributed by atoms with E-state index in [0.29, 0.717) is 5.03 Å². The van der Waals surface area contributed by atoms with Gasteiger partial charge in [0, 0.05) is 0 Å². The van der Waals surface area contributed by atoms with Gasteiger partial charge in [-0.05, 0) is 13.0 Å². The lowest BCUT2D eigenvalue weighted by atomic mass is 10.5. The smallest absolute Gasteiger partial charge is 0.130 e. The first-order valence-electron chi connectivity index (χ1n) is 3.14. The van der Waals surface area contributed by atoms with E-state index >= 15 is 0 Å². The number of aryl methyl sites for hydroxylation is 1. The van der Waals surface area contributed by atoms with Crippen molar-refractivity contribution in [1.82, 2.24) is 19.8 Å². The maximum absolute atomic E-state index is 4.13. The van der Waals surface area contributed by atoms with Crippen molar-refractivity contribution >= 4 is 18.1 Å². The van der Waals surface area contributed by atoms with Crippen molar-refractivity contribution in [2.45, 2.75) is 11.9 Å². The van der Waals surface area contributed by atoms with Crippen LogP contribution in [0.5, 0.6) is 0 Å². The van der Waals surface area contributed by atoms with Crippen LogP contribution in [0.1, 0.15) is 5.82 Å². The Bertz CT molecular complexity index is 394. The van der Waals surface area contributed by atoms with E-state index in [2.05, 4.69) is 27.9 Å². The van der Waals surface area contributed by atoms with Crippen LogP contribution in [0.4, 0.5) is 0 Å². The van der Waals surface area contributed by atoms with Crippen LogP contribution >= 0.6 is 12.6 Å². The third kappa shape index (κ3) is 0.970. The molecule has 0 bridgehead atoms. The SMILES string of the molecule is Cc1nc(S)cc2cnnn12. The van der Waals surface area contributed by atoms with E-state index in [0.717, 1.165) is 11.3 Å². The van der Waals surface area contributed by atoms with Gasteiger partial charge in [-0.25, -0.2) is 4.98 Å². The molecule has 5 heteroatoms. The molecule has 0 saturated carbocycles. The molecule has 0 aliphatic rings. The standard InChI is InChI=1S/C6H6N4S/c1-4-8-6(11)2-5-3-7-9-10(4)5/h2-3,11H,1H3. The van der Waals surface area contributed by atoms with E-state index in [1.54, 1.807) is 10.7 Å². The Morgan fingerprint density at radius 2 is 2.36 bits per heavy atom. The fraction of sp³-hybridized carbons (Fsp3) is 0.167. The lowest BCUT2D eigenvalue weighted by Crippen LogP contribution is -1.96. The summed E-state index contributed by atoms with van der Waals surface area (Å²) in [6.07, 6.45) is 1.68. The van der Waals surface area contributed by atoms with Gasteiger partial charge < -0.3 is 0 Å². The Hall–Kier alpha value is -1.10. The van der Waals surface area contributed by atoms with Gasteiger partial charge in [0.2, 0.25) is 0 Å². The Labute approximate surface area is 68.7 Å². The van der Waals surface area contributed by atoms with Crippen LogP contribution in [0.2, 0.25) is 0 Å². The second kappa shape index (κ2) is 2.20. The molecule has 0 spiro atoms. The van der Waals surface area contributed by atoms with Crippen LogP contribution in [0, 0.1) is 6.92 Å². The third-order valence-corrected chi connectivity index (χ3v) is 1.66. The zero-order chi connectivity index (χ0) is 7.84. The highest BCUT2D eigenvalue weighted by molar-refractivity contribution is 7.80. The highest BCUT2D eigenvalue weighted by Crippen LogP contribution is 2.07. The number of fused-ring (bicyclic) bond motifs is 1. The monoisotopic (exact) mass is 166 g/mol.